The second-order valence-electron chi connectivity index (χ2n) is 14.0. The Kier molecular flexibility index (Phi) is 15.0. The number of rotatable bonds is 17. The van der Waals surface area contributed by atoms with Crippen LogP contribution in [-0.4, -0.2) is 71.5 Å². The Morgan fingerprint density at radius 2 is 1.29 bits per heavy atom. The van der Waals surface area contributed by atoms with Gasteiger partial charge >= 0.3 is 63.3 Å². The molecule has 4 rings (SSSR count). The van der Waals surface area contributed by atoms with Crippen LogP contribution in [0.3, 0.4) is 0 Å². The van der Waals surface area contributed by atoms with E-state index in [0.717, 1.165) is 33.9 Å². The number of carboxylic acids is 2. The summed E-state index contributed by atoms with van der Waals surface area (Å²) in [4.78, 5) is 23.7. The molecule has 0 aromatic heterocycles. The molecule has 2 aliphatic rings. The smallest absolute Gasteiger partial charge is 0.481 e. The summed E-state index contributed by atoms with van der Waals surface area (Å²) in [5.41, 5.74) is 3.64. The number of hydrogen-bond donors (Lipinski definition) is 4. The van der Waals surface area contributed by atoms with E-state index >= 15 is 0 Å². The number of aliphatic carboxylic acids is 2. The molecule has 0 aliphatic carbocycles. The van der Waals surface area contributed by atoms with Gasteiger partial charge in [0.15, 0.2) is 5.71 Å². The second kappa shape index (κ2) is 17.8. The predicted molar refractivity (Wildman–Crippen MR) is 194 cm³/mol. The topological polar surface area (TPSA) is 190 Å². The number of unbranched alkanes of at least 4 members (excludes halogenated alkanes) is 4. The number of carbonyl (C=O) groups is 2. The van der Waals surface area contributed by atoms with E-state index in [0.29, 0.717) is 51.6 Å². The molecule has 0 bridgehead atoms. The summed E-state index contributed by atoms with van der Waals surface area (Å²) >= 11 is 0. The minimum atomic E-state index is -4.42. The average molecular weight is 783 g/mol. The van der Waals surface area contributed by atoms with Gasteiger partial charge in [-0.3, -0.25) is 18.7 Å². The van der Waals surface area contributed by atoms with Crippen molar-refractivity contribution >= 4 is 49.3 Å². The Hall–Kier alpha value is -2.47. The maximum absolute atomic E-state index is 12.0. The van der Waals surface area contributed by atoms with E-state index in [1.165, 1.54) is 24.3 Å². The van der Waals surface area contributed by atoms with Crippen LogP contribution in [-0.2, 0) is 40.7 Å². The van der Waals surface area contributed by atoms with Crippen LogP contribution in [0.2, 0.25) is 0 Å². The van der Waals surface area contributed by atoms with Crippen LogP contribution in [0.15, 0.2) is 82.3 Å². The largest absolute Gasteiger partial charge is 1.00 e. The van der Waals surface area contributed by atoms with Gasteiger partial charge in [-0.05, 0) is 81.5 Å². The number of hydrogen-bond acceptors (Lipinski definition) is 7. The Balaban J connectivity index is 0.00000729. The molecule has 276 valence electrons. The molecule has 0 saturated carbocycles. The normalized spacial score (nSPS) is 17.2. The van der Waals surface area contributed by atoms with E-state index in [-0.39, 0.29) is 74.0 Å². The molecule has 2 aliphatic heterocycles. The van der Waals surface area contributed by atoms with Crippen molar-refractivity contribution in [3.05, 3.63) is 83.6 Å². The van der Waals surface area contributed by atoms with Gasteiger partial charge in [0.2, 0.25) is 5.69 Å². The zero-order valence-electron chi connectivity index (χ0n) is 30.4. The van der Waals surface area contributed by atoms with E-state index in [1.54, 1.807) is 12.1 Å². The first kappa shape index (κ1) is 43.9. The van der Waals surface area contributed by atoms with Gasteiger partial charge in [0, 0.05) is 60.3 Å². The number of anilines is 1. The third-order valence-corrected chi connectivity index (χ3v) is 11.3. The molecular formula is C37H47KN2O10S2+2. The van der Waals surface area contributed by atoms with Gasteiger partial charge in [-0.1, -0.05) is 38.5 Å². The first-order valence-electron chi connectivity index (χ1n) is 16.9. The molecule has 0 unspecified atom stereocenters. The van der Waals surface area contributed by atoms with Gasteiger partial charge in [-0.25, -0.2) is 0 Å². The van der Waals surface area contributed by atoms with Crippen molar-refractivity contribution in [2.75, 3.05) is 18.0 Å². The Morgan fingerprint density at radius 1 is 0.731 bits per heavy atom. The fourth-order valence-corrected chi connectivity index (χ4v) is 7.93. The average Bonchev–Trinajstić information content (AvgIpc) is 3.37. The number of nitrogens with zero attached hydrogens (tertiary/aromatic N) is 2. The number of fused-ring (bicyclic) bond motifs is 2. The molecule has 2 aromatic carbocycles. The van der Waals surface area contributed by atoms with Crippen molar-refractivity contribution in [2.24, 2.45) is 0 Å². The molecule has 0 atom stereocenters. The molecule has 0 amide bonds. The molecule has 2 heterocycles. The van der Waals surface area contributed by atoms with Crippen molar-refractivity contribution in [1.82, 2.24) is 0 Å². The summed E-state index contributed by atoms with van der Waals surface area (Å²) in [6.45, 7) is 9.06. The minimum Gasteiger partial charge on any atom is -0.481 e. The standard InChI is InChI=1S/C37H46N2O10S2.K/c1-36(2)28-24-26(50(44,45)46)18-20-30(28)38(22-12-6-10-16-34(40)41)32(36)14-8-5-9-15-33-37(3,4)29-25-27(51(47,48)49)19-21-31(29)39(33)23-13-7-11-17-35(42)43;/h5,8-9,14-15,18-21,24-25H,6-7,10-13,16-17,22-23H2,1-4H3,(H3-,40,41,42,43,44,45,46,47,48,49);/q;+1/p+1. The van der Waals surface area contributed by atoms with Gasteiger partial charge in [0.05, 0.1) is 15.2 Å². The molecule has 2 aromatic rings. The summed E-state index contributed by atoms with van der Waals surface area (Å²) in [5, 5.41) is 18.0. The van der Waals surface area contributed by atoms with Crippen LogP contribution in [0, 0.1) is 0 Å². The van der Waals surface area contributed by atoms with Crippen LogP contribution in [0.25, 0.3) is 0 Å². The molecule has 52 heavy (non-hydrogen) atoms. The zero-order chi connectivity index (χ0) is 37.8. The summed E-state index contributed by atoms with van der Waals surface area (Å²) in [6.07, 6.45) is 13.6. The van der Waals surface area contributed by atoms with Crippen molar-refractivity contribution in [3.8, 4) is 0 Å². The maximum atomic E-state index is 12.0. The maximum Gasteiger partial charge on any atom is 1.00 e. The fraction of sp³-hybridized carbons (Fsp3) is 0.432. The monoisotopic (exact) mass is 782 g/mol. The SMILES string of the molecule is CC1(C)C(=CC=CC=CC2=[N+](CCCCCC(=O)O)c3ccc(S(=O)(=O)O)cc3C2(C)C)N(CCCCCC(=O)O)c2ccc(S(=O)(=O)O)cc21.[K+]. The van der Waals surface area contributed by atoms with E-state index in [4.69, 9.17) is 10.2 Å². The number of benzene rings is 2. The number of allylic oxidation sites excluding steroid dienone is 6. The van der Waals surface area contributed by atoms with Crippen LogP contribution in [0.5, 0.6) is 0 Å². The third-order valence-electron chi connectivity index (χ3n) is 9.60. The fourth-order valence-electron chi connectivity index (χ4n) is 6.92. The molecule has 4 N–H and O–H groups in total. The summed E-state index contributed by atoms with van der Waals surface area (Å²) in [7, 11) is -8.84. The zero-order valence-corrected chi connectivity index (χ0v) is 35.1. The van der Waals surface area contributed by atoms with E-state index in [2.05, 4.69) is 9.48 Å². The van der Waals surface area contributed by atoms with Crippen molar-refractivity contribution < 1.29 is 102 Å². The van der Waals surface area contributed by atoms with Crippen molar-refractivity contribution in [1.29, 1.82) is 0 Å². The Bertz CT molecular complexity index is 2030. The molecular weight excluding hydrogens is 736 g/mol. The Morgan fingerprint density at radius 3 is 1.87 bits per heavy atom. The van der Waals surface area contributed by atoms with Gasteiger partial charge in [-0.2, -0.15) is 21.4 Å². The molecule has 0 fully saturated rings. The molecule has 0 saturated heterocycles. The van der Waals surface area contributed by atoms with Crippen molar-refractivity contribution in [3.63, 3.8) is 0 Å². The molecule has 0 spiro atoms. The van der Waals surface area contributed by atoms with Crippen LogP contribution >= 0.6 is 0 Å². The Labute approximate surface area is 348 Å². The number of carboxylic acid groups (broad SMARTS) is 2. The van der Waals surface area contributed by atoms with Gasteiger partial charge in [0.1, 0.15) is 6.54 Å². The summed E-state index contributed by atoms with van der Waals surface area (Å²) in [6, 6.07) is 9.10. The molecule has 12 nitrogen and oxygen atoms in total. The van der Waals surface area contributed by atoms with Crippen molar-refractivity contribution in [2.45, 2.75) is 99.7 Å². The minimum absolute atomic E-state index is 0. The predicted octanol–water partition coefficient (Wildman–Crippen LogP) is 3.64. The van der Waals surface area contributed by atoms with Gasteiger partial charge in [0.25, 0.3) is 20.2 Å². The first-order valence-corrected chi connectivity index (χ1v) is 19.8. The van der Waals surface area contributed by atoms with Gasteiger partial charge < -0.3 is 15.1 Å². The van der Waals surface area contributed by atoms with E-state index in [1.807, 2.05) is 58.1 Å². The van der Waals surface area contributed by atoms with Crippen LogP contribution < -0.4 is 56.3 Å². The van der Waals surface area contributed by atoms with Crippen LogP contribution in [0.1, 0.15) is 90.2 Å². The summed E-state index contributed by atoms with van der Waals surface area (Å²) in [5.74, 6) is -1.69. The van der Waals surface area contributed by atoms with Gasteiger partial charge in [-0.15, -0.1) is 0 Å². The molecule has 0 radical (unpaired) electrons. The molecule has 15 heteroatoms. The quantitative estimate of drug-likeness (QED) is 0.0603. The van der Waals surface area contributed by atoms with E-state index in [9.17, 15) is 35.5 Å². The van der Waals surface area contributed by atoms with Crippen LogP contribution in [0.4, 0.5) is 11.4 Å². The third kappa shape index (κ3) is 10.4. The second-order valence-corrected chi connectivity index (χ2v) is 16.8. The summed E-state index contributed by atoms with van der Waals surface area (Å²) < 4.78 is 69.4. The van der Waals surface area contributed by atoms with E-state index < -0.39 is 43.0 Å². The first-order chi connectivity index (χ1) is 23.8.